The Hall–Kier alpha value is -2.17. The first kappa shape index (κ1) is 23.1. The van der Waals surface area contributed by atoms with Crippen LogP contribution in [-0.2, 0) is 6.18 Å². The van der Waals surface area contributed by atoms with E-state index in [1.807, 2.05) is 0 Å². The third-order valence-electron chi connectivity index (χ3n) is 3.71. The zero-order valence-corrected chi connectivity index (χ0v) is 18.3. The highest BCUT2D eigenvalue weighted by Crippen LogP contribution is 2.40. The normalized spacial score (nSPS) is 11.1. The van der Waals surface area contributed by atoms with Crippen LogP contribution in [0.3, 0.4) is 0 Å². The van der Waals surface area contributed by atoms with Gasteiger partial charge in [-0.05, 0) is 73.7 Å². The molecule has 1 amide bonds. The predicted octanol–water partition coefficient (Wildman–Crippen LogP) is 5.76. The summed E-state index contributed by atoms with van der Waals surface area (Å²) in [6.45, 7) is 6.30. The van der Waals surface area contributed by atoms with E-state index in [4.69, 9.17) is 14.2 Å². The summed E-state index contributed by atoms with van der Waals surface area (Å²) in [6.07, 6.45) is -4.60. The van der Waals surface area contributed by atoms with Gasteiger partial charge in [0.2, 0.25) is 5.75 Å². The van der Waals surface area contributed by atoms with E-state index < -0.39 is 17.6 Å². The molecule has 0 aliphatic rings. The zero-order chi connectivity index (χ0) is 21.6. The van der Waals surface area contributed by atoms with Gasteiger partial charge in [-0.3, -0.25) is 4.79 Å². The highest BCUT2D eigenvalue weighted by Gasteiger charge is 2.34. The molecule has 0 radical (unpaired) electrons. The van der Waals surface area contributed by atoms with Gasteiger partial charge in [-0.2, -0.15) is 13.2 Å². The second-order valence-corrected chi connectivity index (χ2v) is 6.99. The van der Waals surface area contributed by atoms with E-state index in [9.17, 15) is 18.0 Å². The van der Waals surface area contributed by atoms with Crippen LogP contribution >= 0.6 is 22.6 Å². The lowest BCUT2D eigenvalue weighted by Crippen LogP contribution is -2.17. The number of halogens is 4. The molecular formula is C20H21F3INO4. The first-order valence-corrected chi connectivity index (χ1v) is 10.0. The predicted molar refractivity (Wildman–Crippen MR) is 112 cm³/mol. The first-order valence-electron chi connectivity index (χ1n) is 8.95. The quantitative estimate of drug-likeness (QED) is 0.448. The largest absolute Gasteiger partial charge is 0.490 e. The zero-order valence-electron chi connectivity index (χ0n) is 16.2. The Bertz CT molecular complexity index is 844. The fraction of sp³-hybridized carbons (Fsp3) is 0.350. The van der Waals surface area contributed by atoms with E-state index in [1.54, 1.807) is 43.4 Å². The summed E-state index contributed by atoms with van der Waals surface area (Å²) in [5.74, 6) is 0.188. The smallest absolute Gasteiger partial charge is 0.418 e. The summed E-state index contributed by atoms with van der Waals surface area (Å²) in [4.78, 5) is 12.7. The SMILES string of the molecule is CCOc1cc(C(=O)Nc2ccc(I)cc2C(F)(F)F)cc(OCC)c1OCC. The summed E-state index contributed by atoms with van der Waals surface area (Å²) in [6, 6.07) is 6.54. The molecule has 2 aromatic rings. The average molecular weight is 523 g/mol. The fourth-order valence-corrected chi connectivity index (χ4v) is 3.07. The van der Waals surface area contributed by atoms with Crippen molar-refractivity contribution < 1.29 is 32.2 Å². The van der Waals surface area contributed by atoms with Gasteiger partial charge < -0.3 is 19.5 Å². The van der Waals surface area contributed by atoms with Gasteiger partial charge in [-0.25, -0.2) is 0 Å². The van der Waals surface area contributed by atoms with Crippen LogP contribution in [0.4, 0.5) is 18.9 Å². The van der Waals surface area contributed by atoms with Crippen LogP contribution in [0.15, 0.2) is 30.3 Å². The number of benzene rings is 2. The number of amides is 1. The summed E-state index contributed by atoms with van der Waals surface area (Å²) in [5, 5.41) is 2.34. The Labute approximate surface area is 180 Å². The molecule has 158 valence electrons. The highest BCUT2D eigenvalue weighted by molar-refractivity contribution is 14.1. The second-order valence-electron chi connectivity index (χ2n) is 5.74. The molecule has 0 aliphatic heterocycles. The van der Waals surface area contributed by atoms with Gasteiger partial charge in [0.25, 0.3) is 5.91 Å². The van der Waals surface area contributed by atoms with E-state index in [2.05, 4.69) is 5.32 Å². The molecule has 0 atom stereocenters. The van der Waals surface area contributed by atoms with Gasteiger partial charge in [-0.15, -0.1) is 0 Å². The Balaban J connectivity index is 2.45. The Morgan fingerprint density at radius 2 is 1.52 bits per heavy atom. The van der Waals surface area contributed by atoms with Crippen molar-refractivity contribution in [2.45, 2.75) is 26.9 Å². The minimum atomic E-state index is -4.60. The molecule has 0 bridgehead atoms. The molecule has 2 rings (SSSR count). The van der Waals surface area contributed by atoms with Crippen molar-refractivity contribution in [3.8, 4) is 17.2 Å². The van der Waals surface area contributed by atoms with Crippen molar-refractivity contribution in [2.24, 2.45) is 0 Å². The molecule has 0 heterocycles. The number of hydrogen-bond acceptors (Lipinski definition) is 4. The summed E-state index contributed by atoms with van der Waals surface area (Å²) >= 11 is 1.79. The van der Waals surface area contributed by atoms with Gasteiger partial charge in [0.05, 0.1) is 31.1 Å². The monoisotopic (exact) mass is 523 g/mol. The third kappa shape index (κ3) is 5.91. The molecule has 9 heteroatoms. The van der Waals surface area contributed by atoms with E-state index in [0.717, 1.165) is 6.07 Å². The van der Waals surface area contributed by atoms with E-state index >= 15 is 0 Å². The minimum Gasteiger partial charge on any atom is -0.490 e. The number of carbonyl (C=O) groups is 1. The molecule has 0 fully saturated rings. The molecule has 29 heavy (non-hydrogen) atoms. The number of anilines is 1. The molecule has 0 spiro atoms. The van der Waals surface area contributed by atoms with Crippen molar-refractivity contribution >= 4 is 34.2 Å². The van der Waals surface area contributed by atoms with Crippen molar-refractivity contribution in [2.75, 3.05) is 25.1 Å². The maximum absolute atomic E-state index is 13.3. The standard InChI is InChI=1S/C20H21F3INO4/c1-4-27-16-9-12(10-17(28-5-2)18(16)29-6-3)19(26)25-15-8-7-13(24)11-14(15)20(21,22)23/h7-11H,4-6H2,1-3H3,(H,25,26). The van der Waals surface area contributed by atoms with Crippen LogP contribution in [0.2, 0.25) is 0 Å². The maximum atomic E-state index is 13.3. The lowest BCUT2D eigenvalue weighted by Gasteiger charge is -2.18. The van der Waals surface area contributed by atoms with E-state index in [0.29, 0.717) is 29.1 Å². The lowest BCUT2D eigenvalue weighted by atomic mass is 10.1. The Morgan fingerprint density at radius 1 is 0.966 bits per heavy atom. The summed E-state index contributed by atoms with van der Waals surface area (Å²) in [5.41, 5.74) is -1.15. The number of carbonyl (C=O) groups excluding carboxylic acids is 1. The molecule has 0 aliphatic carbocycles. The average Bonchev–Trinajstić information content (AvgIpc) is 2.65. The van der Waals surface area contributed by atoms with E-state index in [-0.39, 0.29) is 22.7 Å². The number of nitrogens with one attached hydrogen (secondary N) is 1. The third-order valence-corrected chi connectivity index (χ3v) is 4.38. The molecule has 0 unspecified atom stereocenters. The van der Waals surface area contributed by atoms with Gasteiger partial charge >= 0.3 is 6.18 Å². The number of alkyl halides is 3. The second kappa shape index (κ2) is 10.0. The van der Waals surface area contributed by atoms with Crippen molar-refractivity contribution in [3.63, 3.8) is 0 Å². The summed E-state index contributed by atoms with van der Waals surface area (Å²) in [7, 11) is 0. The van der Waals surface area contributed by atoms with Gasteiger partial charge in [-0.1, -0.05) is 0 Å². The van der Waals surface area contributed by atoms with Crippen LogP contribution < -0.4 is 19.5 Å². The Kier molecular flexibility index (Phi) is 8.00. The molecule has 5 nitrogen and oxygen atoms in total. The minimum absolute atomic E-state index is 0.0898. The van der Waals surface area contributed by atoms with Gasteiger partial charge in [0.15, 0.2) is 11.5 Å². The van der Waals surface area contributed by atoms with Crippen LogP contribution in [0.5, 0.6) is 17.2 Å². The van der Waals surface area contributed by atoms with Crippen LogP contribution in [0.25, 0.3) is 0 Å². The molecule has 0 saturated heterocycles. The van der Waals surface area contributed by atoms with Crippen molar-refractivity contribution in [1.82, 2.24) is 0 Å². The van der Waals surface area contributed by atoms with Crippen LogP contribution in [0.1, 0.15) is 36.7 Å². The number of hydrogen-bond donors (Lipinski definition) is 1. The van der Waals surface area contributed by atoms with Crippen molar-refractivity contribution in [3.05, 3.63) is 45.0 Å². The van der Waals surface area contributed by atoms with Crippen molar-refractivity contribution in [1.29, 1.82) is 0 Å². The first-order chi connectivity index (χ1) is 13.7. The molecule has 0 saturated carbocycles. The van der Waals surface area contributed by atoms with Crippen LogP contribution in [-0.4, -0.2) is 25.7 Å². The molecule has 2 aromatic carbocycles. The number of rotatable bonds is 8. The van der Waals surface area contributed by atoms with Gasteiger partial charge in [0, 0.05) is 9.13 Å². The molecule has 0 aromatic heterocycles. The molecular weight excluding hydrogens is 502 g/mol. The fourth-order valence-electron chi connectivity index (χ4n) is 2.57. The highest BCUT2D eigenvalue weighted by atomic mass is 127. The number of ether oxygens (including phenoxy) is 3. The topological polar surface area (TPSA) is 56.8 Å². The summed E-state index contributed by atoms with van der Waals surface area (Å²) < 4.78 is 57.1. The van der Waals surface area contributed by atoms with Crippen LogP contribution in [0, 0.1) is 3.57 Å². The molecule has 1 N–H and O–H groups in total. The van der Waals surface area contributed by atoms with Gasteiger partial charge in [0.1, 0.15) is 0 Å². The Morgan fingerprint density at radius 3 is 2.00 bits per heavy atom. The van der Waals surface area contributed by atoms with E-state index in [1.165, 1.54) is 24.3 Å². The maximum Gasteiger partial charge on any atom is 0.418 e. The lowest BCUT2D eigenvalue weighted by molar-refractivity contribution is -0.137.